The number of amides is 1. The molecule has 1 N–H and O–H groups in total. The number of nitrogens with one attached hydrogen (secondary N) is 1. The molecule has 1 aromatic rings. The number of carbonyl (C=O) groups is 1. The average Bonchev–Trinajstić information content (AvgIpc) is 3.38. The highest BCUT2D eigenvalue weighted by Gasteiger charge is 2.30. The van der Waals surface area contributed by atoms with Crippen LogP contribution in [0.3, 0.4) is 0 Å². The van der Waals surface area contributed by atoms with Crippen LogP contribution in [0.25, 0.3) is 0 Å². The molecule has 1 atom stereocenters. The molecule has 2 saturated heterocycles. The van der Waals surface area contributed by atoms with Crippen molar-refractivity contribution in [1.29, 1.82) is 0 Å². The SMILES string of the molecule is CN=C(NCc1c(OC)cc(OC)cc1OC)N1CCN(C(C)C(=O)N2CCCC2)CC1.I. The number of hydrogen-bond acceptors (Lipinski definition) is 6. The van der Waals surface area contributed by atoms with Crippen molar-refractivity contribution in [3.63, 3.8) is 0 Å². The van der Waals surface area contributed by atoms with E-state index in [0.29, 0.717) is 23.8 Å². The number of benzene rings is 1. The number of guanidine groups is 1. The second kappa shape index (κ2) is 13.1. The fraction of sp³-hybridized carbons (Fsp3) is 0.652. The second-order valence-electron chi connectivity index (χ2n) is 8.14. The van der Waals surface area contributed by atoms with Gasteiger partial charge < -0.3 is 29.3 Å². The van der Waals surface area contributed by atoms with Gasteiger partial charge in [0.1, 0.15) is 17.2 Å². The largest absolute Gasteiger partial charge is 0.496 e. The summed E-state index contributed by atoms with van der Waals surface area (Å²) in [6.45, 7) is 7.63. The summed E-state index contributed by atoms with van der Waals surface area (Å²) in [7, 11) is 6.68. The Morgan fingerprint density at radius 2 is 1.55 bits per heavy atom. The molecule has 2 aliphatic heterocycles. The molecule has 0 saturated carbocycles. The van der Waals surface area contributed by atoms with E-state index in [0.717, 1.165) is 63.6 Å². The first kappa shape index (κ1) is 27.3. The van der Waals surface area contributed by atoms with Gasteiger partial charge >= 0.3 is 0 Å². The Morgan fingerprint density at radius 1 is 0.970 bits per heavy atom. The smallest absolute Gasteiger partial charge is 0.239 e. The van der Waals surface area contributed by atoms with Crippen LogP contribution in [0.1, 0.15) is 25.3 Å². The first-order valence-electron chi connectivity index (χ1n) is 11.3. The van der Waals surface area contributed by atoms with Crippen LogP contribution in [0.15, 0.2) is 17.1 Å². The van der Waals surface area contributed by atoms with Gasteiger partial charge in [0.15, 0.2) is 5.96 Å². The number of hydrogen-bond donors (Lipinski definition) is 1. The number of halogens is 1. The van der Waals surface area contributed by atoms with Gasteiger partial charge in [0.2, 0.25) is 5.91 Å². The van der Waals surface area contributed by atoms with Gasteiger partial charge in [0.25, 0.3) is 0 Å². The Bertz CT molecular complexity index is 783. The molecule has 33 heavy (non-hydrogen) atoms. The Hall–Kier alpha value is -1.95. The summed E-state index contributed by atoms with van der Waals surface area (Å²) in [4.78, 5) is 23.7. The second-order valence-corrected chi connectivity index (χ2v) is 8.14. The molecule has 0 aliphatic carbocycles. The van der Waals surface area contributed by atoms with E-state index in [2.05, 4.69) is 20.1 Å². The number of carbonyl (C=O) groups excluding carboxylic acids is 1. The molecule has 10 heteroatoms. The summed E-state index contributed by atoms with van der Waals surface area (Å²) in [6.07, 6.45) is 2.25. The van der Waals surface area contributed by atoms with Gasteiger partial charge in [-0.15, -0.1) is 24.0 Å². The molecule has 2 aliphatic rings. The number of ether oxygens (including phenoxy) is 3. The van der Waals surface area contributed by atoms with Gasteiger partial charge in [-0.05, 0) is 19.8 Å². The van der Waals surface area contributed by atoms with Crippen LogP contribution in [0, 0.1) is 0 Å². The van der Waals surface area contributed by atoms with Gasteiger partial charge in [-0.2, -0.15) is 0 Å². The van der Waals surface area contributed by atoms with E-state index < -0.39 is 0 Å². The highest BCUT2D eigenvalue weighted by atomic mass is 127. The fourth-order valence-electron chi connectivity index (χ4n) is 4.43. The van der Waals surface area contributed by atoms with E-state index in [9.17, 15) is 4.79 Å². The van der Waals surface area contributed by atoms with Crippen LogP contribution in [0.5, 0.6) is 17.2 Å². The monoisotopic (exact) mass is 575 g/mol. The maximum absolute atomic E-state index is 12.7. The molecule has 1 aromatic carbocycles. The predicted molar refractivity (Wildman–Crippen MR) is 140 cm³/mol. The van der Waals surface area contributed by atoms with E-state index in [1.807, 2.05) is 24.0 Å². The van der Waals surface area contributed by atoms with Crippen molar-refractivity contribution in [1.82, 2.24) is 20.0 Å². The average molecular weight is 575 g/mol. The Balaban J connectivity index is 0.00000385. The lowest BCUT2D eigenvalue weighted by Crippen LogP contribution is -2.57. The molecule has 1 unspecified atom stereocenters. The number of methoxy groups -OCH3 is 3. The number of aliphatic imine (C=N–C) groups is 1. The van der Waals surface area contributed by atoms with Crippen LogP contribution in [-0.4, -0.2) is 100 Å². The first-order valence-corrected chi connectivity index (χ1v) is 11.3. The molecule has 1 amide bonds. The van der Waals surface area contributed by atoms with Crippen LogP contribution >= 0.6 is 24.0 Å². The summed E-state index contributed by atoms with van der Waals surface area (Å²) < 4.78 is 16.4. The van der Waals surface area contributed by atoms with E-state index in [1.165, 1.54) is 0 Å². The Kier molecular flexibility index (Phi) is 10.8. The van der Waals surface area contributed by atoms with Crippen molar-refractivity contribution in [2.45, 2.75) is 32.4 Å². The third-order valence-electron chi connectivity index (χ3n) is 6.39. The minimum atomic E-state index is -0.0713. The first-order chi connectivity index (χ1) is 15.5. The molecule has 186 valence electrons. The Labute approximate surface area is 214 Å². The molecule has 0 bridgehead atoms. The standard InChI is InChI=1S/C23H37N5O4.HI/c1-17(22(29)27-8-6-7-9-27)26-10-12-28(13-11-26)23(24-2)25-16-19-20(31-4)14-18(30-3)15-21(19)32-5;/h14-15,17H,6-13,16H2,1-5H3,(H,24,25);1H. The topological polar surface area (TPSA) is 78.9 Å². The lowest BCUT2D eigenvalue weighted by atomic mass is 10.1. The van der Waals surface area contributed by atoms with Gasteiger partial charge in [-0.1, -0.05) is 0 Å². The molecule has 9 nitrogen and oxygen atoms in total. The zero-order valence-corrected chi connectivity index (χ0v) is 22.8. The highest BCUT2D eigenvalue weighted by Crippen LogP contribution is 2.33. The van der Waals surface area contributed by atoms with Crippen LogP contribution < -0.4 is 19.5 Å². The number of piperazine rings is 1. The summed E-state index contributed by atoms with van der Waals surface area (Å²) in [5.74, 6) is 3.16. The van der Waals surface area contributed by atoms with Crippen LogP contribution in [-0.2, 0) is 11.3 Å². The molecular formula is C23H38IN5O4. The van der Waals surface area contributed by atoms with Crippen molar-refractivity contribution in [2.75, 3.05) is 67.6 Å². The molecule has 0 spiro atoms. The van der Waals surface area contributed by atoms with Gasteiger partial charge in [0, 0.05) is 58.4 Å². The summed E-state index contributed by atoms with van der Waals surface area (Å²) in [6, 6.07) is 3.62. The molecule has 0 aromatic heterocycles. The summed E-state index contributed by atoms with van der Waals surface area (Å²) in [5, 5.41) is 3.44. The van der Waals surface area contributed by atoms with Gasteiger partial charge in [-0.25, -0.2) is 0 Å². The summed E-state index contributed by atoms with van der Waals surface area (Å²) >= 11 is 0. The van der Waals surface area contributed by atoms with Gasteiger partial charge in [-0.3, -0.25) is 14.7 Å². The van der Waals surface area contributed by atoms with Crippen molar-refractivity contribution in [3.05, 3.63) is 17.7 Å². The Morgan fingerprint density at radius 3 is 2.03 bits per heavy atom. The summed E-state index contributed by atoms with van der Waals surface area (Å²) in [5.41, 5.74) is 0.903. The van der Waals surface area contributed by atoms with Crippen molar-refractivity contribution < 1.29 is 19.0 Å². The highest BCUT2D eigenvalue weighted by molar-refractivity contribution is 14.0. The molecule has 2 fully saturated rings. The number of likely N-dealkylation sites (tertiary alicyclic amines) is 1. The third-order valence-corrected chi connectivity index (χ3v) is 6.39. The van der Waals surface area contributed by atoms with Crippen LogP contribution in [0.4, 0.5) is 0 Å². The zero-order valence-electron chi connectivity index (χ0n) is 20.4. The van der Waals surface area contributed by atoms with E-state index in [4.69, 9.17) is 14.2 Å². The van der Waals surface area contributed by atoms with Crippen molar-refractivity contribution >= 4 is 35.8 Å². The van der Waals surface area contributed by atoms with E-state index in [1.54, 1.807) is 28.4 Å². The normalized spacial score (nSPS) is 17.9. The number of rotatable bonds is 7. The quantitative estimate of drug-likeness (QED) is 0.303. The number of nitrogens with zero attached hydrogens (tertiary/aromatic N) is 4. The van der Waals surface area contributed by atoms with Crippen LogP contribution in [0.2, 0.25) is 0 Å². The predicted octanol–water partition coefficient (Wildman–Crippen LogP) is 2.03. The maximum Gasteiger partial charge on any atom is 0.239 e. The van der Waals surface area contributed by atoms with E-state index >= 15 is 0 Å². The van der Waals surface area contributed by atoms with Gasteiger partial charge in [0.05, 0.1) is 39.5 Å². The fourth-order valence-corrected chi connectivity index (χ4v) is 4.43. The lowest BCUT2D eigenvalue weighted by Gasteiger charge is -2.39. The molecule has 3 rings (SSSR count). The molecule has 0 radical (unpaired) electrons. The van der Waals surface area contributed by atoms with E-state index in [-0.39, 0.29) is 35.9 Å². The minimum absolute atomic E-state index is 0. The minimum Gasteiger partial charge on any atom is -0.496 e. The lowest BCUT2D eigenvalue weighted by molar-refractivity contribution is -0.135. The van der Waals surface area contributed by atoms with Crippen molar-refractivity contribution in [3.8, 4) is 17.2 Å². The third kappa shape index (κ3) is 6.56. The zero-order chi connectivity index (χ0) is 23.1. The molecular weight excluding hydrogens is 537 g/mol. The molecule has 2 heterocycles. The maximum atomic E-state index is 12.7. The van der Waals surface area contributed by atoms with Crippen molar-refractivity contribution in [2.24, 2.45) is 4.99 Å².